The number of carbonyl (C=O) groups excluding carboxylic acids is 3. The van der Waals surface area contributed by atoms with Crippen molar-refractivity contribution >= 4 is 18.0 Å². The van der Waals surface area contributed by atoms with Crippen LogP contribution in [0.4, 0.5) is 4.79 Å². The number of amides is 2. The topological polar surface area (TPSA) is 103 Å². The minimum atomic E-state index is -0.791. The molecule has 1 N–H and O–H groups in total. The minimum absolute atomic E-state index is 0.00988. The maximum atomic E-state index is 13.5. The van der Waals surface area contributed by atoms with E-state index in [4.69, 9.17) is 18.9 Å². The Kier molecular flexibility index (Phi) is 14.1. The van der Waals surface area contributed by atoms with Gasteiger partial charge in [-0.2, -0.15) is 0 Å². The fourth-order valence-electron chi connectivity index (χ4n) is 4.34. The van der Waals surface area contributed by atoms with Gasteiger partial charge in [-0.3, -0.25) is 4.79 Å². The highest BCUT2D eigenvalue weighted by Crippen LogP contribution is 2.18. The quantitative estimate of drug-likeness (QED) is 0.0937. The number of hydrazine groups is 1. The van der Waals surface area contributed by atoms with Gasteiger partial charge in [0, 0.05) is 12.7 Å². The van der Waals surface area contributed by atoms with E-state index in [9.17, 15) is 14.4 Å². The average Bonchev–Trinajstić information content (AvgIpc) is 3.03. The van der Waals surface area contributed by atoms with Crippen molar-refractivity contribution < 1.29 is 33.3 Å². The van der Waals surface area contributed by atoms with Crippen LogP contribution in [0.5, 0.6) is 5.75 Å². The lowest BCUT2D eigenvalue weighted by atomic mass is 10.0. The Morgan fingerprint density at radius 3 is 2.11 bits per heavy atom. The van der Waals surface area contributed by atoms with E-state index in [0.29, 0.717) is 19.0 Å². The molecule has 2 amide bonds. The van der Waals surface area contributed by atoms with Crippen LogP contribution in [0.2, 0.25) is 0 Å². The van der Waals surface area contributed by atoms with Crippen LogP contribution in [0.1, 0.15) is 50.3 Å². The molecule has 0 aromatic heterocycles. The maximum absolute atomic E-state index is 13.5. The third kappa shape index (κ3) is 13.7. The van der Waals surface area contributed by atoms with Crippen molar-refractivity contribution in [3.05, 3.63) is 114 Å². The molecule has 3 rings (SSSR count). The predicted molar refractivity (Wildman–Crippen MR) is 172 cm³/mol. The van der Waals surface area contributed by atoms with Crippen LogP contribution in [-0.2, 0) is 43.2 Å². The predicted octanol–water partition coefficient (Wildman–Crippen LogP) is 6.21. The molecule has 0 radical (unpaired) electrons. The number of hydrogen-bond acceptors (Lipinski definition) is 7. The van der Waals surface area contributed by atoms with E-state index in [1.807, 2.05) is 72.8 Å². The van der Waals surface area contributed by atoms with Gasteiger partial charge < -0.3 is 18.9 Å². The number of aryl methyl sites for hydroxylation is 1. The van der Waals surface area contributed by atoms with E-state index >= 15 is 0 Å². The van der Waals surface area contributed by atoms with Gasteiger partial charge in [-0.1, -0.05) is 78.9 Å². The molecule has 9 nitrogen and oxygen atoms in total. The third-order valence-corrected chi connectivity index (χ3v) is 6.54. The van der Waals surface area contributed by atoms with Crippen molar-refractivity contribution in [3.8, 4) is 5.75 Å². The van der Waals surface area contributed by atoms with Crippen LogP contribution in [0.3, 0.4) is 0 Å². The summed E-state index contributed by atoms with van der Waals surface area (Å²) in [5, 5.41) is 1.20. The fraction of sp³-hybridized carbons (Fsp3) is 0.361. The zero-order chi connectivity index (χ0) is 32.5. The smallest absolute Gasteiger partial charge is 0.426 e. The summed E-state index contributed by atoms with van der Waals surface area (Å²) in [6.07, 6.45) is 3.95. The molecule has 0 heterocycles. The van der Waals surface area contributed by atoms with E-state index < -0.39 is 29.6 Å². The molecule has 0 fully saturated rings. The number of ether oxygens (including phenoxy) is 4. The highest BCUT2D eigenvalue weighted by Gasteiger charge is 2.27. The first-order chi connectivity index (χ1) is 21.6. The lowest BCUT2D eigenvalue weighted by molar-refractivity contribution is -0.138. The number of nitrogens with one attached hydrogen (secondary N) is 1. The molecule has 9 heteroatoms. The number of methoxy groups -OCH3 is 1. The molecule has 0 saturated carbocycles. The second kappa shape index (κ2) is 18.2. The van der Waals surface area contributed by atoms with Crippen molar-refractivity contribution in [2.24, 2.45) is 0 Å². The summed E-state index contributed by atoms with van der Waals surface area (Å²) in [6, 6.07) is 26.7. The third-order valence-electron chi connectivity index (χ3n) is 6.54. The Hall–Kier alpha value is -4.63. The Bertz CT molecular complexity index is 1350. The van der Waals surface area contributed by atoms with Crippen LogP contribution >= 0.6 is 0 Å². The lowest BCUT2D eigenvalue weighted by Crippen LogP contribution is -2.53. The van der Waals surface area contributed by atoms with Gasteiger partial charge in [-0.25, -0.2) is 20.0 Å². The number of nitrogens with zero attached hydrogens (tertiary/aromatic N) is 1. The van der Waals surface area contributed by atoms with Crippen molar-refractivity contribution in [2.45, 2.75) is 64.7 Å². The fourth-order valence-corrected chi connectivity index (χ4v) is 4.34. The Morgan fingerprint density at radius 1 is 0.844 bits per heavy atom. The molecule has 0 aliphatic carbocycles. The van der Waals surface area contributed by atoms with Crippen LogP contribution in [0, 0.1) is 0 Å². The Morgan fingerprint density at radius 2 is 1.49 bits per heavy atom. The van der Waals surface area contributed by atoms with Crippen LogP contribution in [0.15, 0.2) is 97.1 Å². The first-order valence-electron chi connectivity index (χ1n) is 15.1. The number of benzene rings is 3. The van der Waals surface area contributed by atoms with Crippen molar-refractivity contribution in [3.63, 3.8) is 0 Å². The summed E-state index contributed by atoms with van der Waals surface area (Å²) in [7, 11) is 1.27. The molecule has 3 aromatic rings. The summed E-state index contributed by atoms with van der Waals surface area (Å²) >= 11 is 0. The van der Waals surface area contributed by atoms with Gasteiger partial charge in [0.25, 0.3) is 0 Å². The van der Waals surface area contributed by atoms with Crippen molar-refractivity contribution in [1.29, 1.82) is 0 Å². The molecule has 1 atom stereocenters. The SMILES string of the molecule is COC(=O)/C=C/C(Cc1ccc(OCc2ccccc2)cc1)N(NC(=O)OC(C)(C)C)C(=O)CCOCCCc1ccccc1. The molecular formula is C36H44N2O7. The molecule has 0 spiro atoms. The Labute approximate surface area is 266 Å². The zero-order valence-electron chi connectivity index (χ0n) is 26.6. The number of carbonyl (C=O) groups is 3. The molecule has 3 aromatic carbocycles. The zero-order valence-corrected chi connectivity index (χ0v) is 26.6. The summed E-state index contributed by atoms with van der Waals surface area (Å²) < 4.78 is 21.9. The largest absolute Gasteiger partial charge is 0.489 e. The van der Waals surface area contributed by atoms with Crippen molar-refractivity contribution in [2.75, 3.05) is 20.3 Å². The monoisotopic (exact) mass is 616 g/mol. The molecule has 0 aliphatic rings. The van der Waals surface area contributed by atoms with Gasteiger partial charge in [0.2, 0.25) is 5.91 Å². The van der Waals surface area contributed by atoms with Gasteiger partial charge in [0.05, 0.1) is 26.2 Å². The van der Waals surface area contributed by atoms with Crippen molar-refractivity contribution in [1.82, 2.24) is 10.4 Å². The second-order valence-electron chi connectivity index (χ2n) is 11.4. The Balaban J connectivity index is 1.69. The summed E-state index contributed by atoms with van der Waals surface area (Å²) in [4.78, 5) is 38.4. The molecule has 1 unspecified atom stereocenters. The second-order valence-corrected chi connectivity index (χ2v) is 11.4. The van der Waals surface area contributed by atoms with Gasteiger partial charge >= 0.3 is 12.1 Å². The first kappa shape index (κ1) is 34.9. The lowest BCUT2D eigenvalue weighted by Gasteiger charge is -2.31. The van der Waals surface area contributed by atoms with E-state index in [0.717, 1.165) is 24.0 Å². The van der Waals surface area contributed by atoms with Crippen LogP contribution in [0.25, 0.3) is 0 Å². The summed E-state index contributed by atoms with van der Waals surface area (Å²) in [5.41, 5.74) is 4.94. The highest BCUT2D eigenvalue weighted by atomic mass is 16.6. The molecule has 0 saturated heterocycles. The number of esters is 1. The van der Waals surface area contributed by atoms with Gasteiger partial charge in [0.15, 0.2) is 0 Å². The molecule has 0 aliphatic heterocycles. The summed E-state index contributed by atoms with van der Waals surface area (Å²) in [5.74, 6) is -0.296. The minimum Gasteiger partial charge on any atom is -0.489 e. The molecule has 0 bridgehead atoms. The first-order valence-corrected chi connectivity index (χ1v) is 15.1. The molecule has 45 heavy (non-hydrogen) atoms. The van der Waals surface area contributed by atoms with Gasteiger partial charge in [0.1, 0.15) is 18.0 Å². The van der Waals surface area contributed by atoms with Gasteiger partial charge in [-0.15, -0.1) is 0 Å². The van der Waals surface area contributed by atoms with E-state index in [1.54, 1.807) is 20.8 Å². The molecular weight excluding hydrogens is 572 g/mol. The highest BCUT2D eigenvalue weighted by molar-refractivity contribution is 5.83. The molecule has 240 valence electrons. The standard InChI is InChI=1S/C36H44N2O7/c1-36(2,3)45-35(41)37-38(33(39)23-25-43-24-11-16-28-12-7-5-8-13-28)31(19-22-34(40)42-4)26-29-17-20-32(21-18-29)44-27-30-14-9-6-10-15-30/h5-10,12-15,17-22,31H,11,16,23-27H2,1-4H3,(H,37,41)/b22-19+. The van der Waals surface area contributed by atoms with E-state index in [1.165, 1.54) is 29.8 Å². The maximum Gasteiger partial charge on any atom is 0.426 e. The number of hydrogen-bond donors (Lipinski definition) is 1. The number of rotatable bonds is 15. The normalized spacial score (nSPS) is 11.9. The van der Waals surface area contributed by atoms with E-state index in [2.05, 4.69) is 17.6 Å². The average molecular weight is 617 g/mol. The summed E-state index contributed by atoms with van der Waals surface area (Å²) in [6.45, 7) is 6.29. The van der Waals surface area contributed by atoms with Gasteiger partial charge in [-0.05, 0) is 68.9 Å². The van der Waals surface area contributed by atoms with Crippen LogP contribution < -0.4 is 10.2 Å². The van der Waals surface area contributed by atoms with Crippen LogP contribution in [-0.4, -0.2) is 54.9 Å². The van der Waals surface area contributed by atoms with E-state index in [-0.39, 0.29) is 19.4 Å².